The van der Waals surface area contributed by atoms with Crippen LogP contribution < -0.4 is 0 Å². The maximum Gasteiger partial charge on any atom is 0.306 e. The third-order valence-corrected chi connectivity index (χ3v) is 3.85. The Labute approximate surface area is 146 Å². The zero-order valence-electron chi connectivity index (χ0n) is 14.8. The third-order valence-electron chi connectivity index (χ3n) is 3.85. The molecule has 0 N–H and O–H groups in total. The van der Waals surface area contributed by atoms with E-state index < -0.39 is 0 Å². The SMILES string of the molecule is CCCCCCC/C=C/C(=O)CCC(=O)OCCc1ccccc1. The molecule has 0 amide bonds. The van der Waals surface area contributed by atoms with E-state index in [1.54, 1.807) is 6.08 Å². The highest BCUT2D eigenvalue weighted by Crippen LogP contribution is 2.06. The van der Waals surface area contributed by atoms with Gasteiger partial charge in [0.1, 0.15) is 0 Å². The standard InChI is InChI=1S/C21H30O3/c1-2-3-4-5-6-7-11-14-20(22)15-16-21(23)24-18-17-19-12-9-8-10-13-19/h8-14H,2-7,15-18H2,1H3/b14-11+. The summed E-state index contributed by atoms with van der Waals surface area (Å²) in [5, 5.41) is 0. The fourth-order valence-electron chi connectivity index (χ4n) is 2.39. The molecule has 0 aromatic heterocycles. The van der Waals surface area contributed by atoms with E-state index in [1.165, 1.54) is 25.7 Å². The van der Waals surface area contributed by atoms with Crippen molar-refractivity contribution in [3.8, 4) is 0 Å². The molecule has 0 heterocycles. The highest BCUT2D eigenvalue weighted by molar-refractivity contribution is 5.91. The molecule has 1 rings (SSSR count). The average Bonchev–Trinajstić information content (AvgIpc) is 2.60. The molecule has 1 aromatic rings. The minimum Gasteiger partial charge on any atom is -0.465 e. The third kappa shape index (κ3) is 10.8. The van der Waals surface area contributed by atoms with Crippen molar-refractivity contribution in [3.05, 3.63) is 48.0 Å². The molecule has 3 heteroatoms. The molecule has 0 unspecified atom stereocenters. The molecule has 0 spiro atoms. The van der Waals surface area contributed by atoms with E-state index in [0.717, 1.165) is 18.4 Å². The van der Waals surface area contributed by atoms with Crippen molar-refractivity contribution >= 4 is 11.8 Å². The number of rotatable bonds is 13. The monoisotopic (exact) mass is 330 g/mol. The van der Waals surface area contributed by atoms with Crippen LogP contribution in [0.2, 0.25) is 0 Å². The number of allylic oxidation sites excluding steroid dienone is 2. The lowest BCUT2D eigenvalue weighted by Crippen LogP contribution is -2.09. The van der Waals surface area contributed by atoms with Gasteiger partial charge in [-0.25, -0.2) is 0 Å². The van der Waals surface area contributed by atoms with Crippen LogP contribution in [0, 0.1) is 0 Å². The first-order valence-corrected chi connectivity index (χ1v) is 9.11. The summed E-state index contributed by atoms with van der Waals surface area (Å²) in [7, 11) is 0. The highest BCUT2D eigenvalue weighted by Gasteiger charge is 2.06. The van der Waals surface area contributed by atoms with Crippen molar-refractivity contribution in [3.63, 3.8) is 0 Å². The van der Waals surface area contributed by atoms with Gasteiger partial charge in [0, 0.05) is 12.8 Å². The Morgan fingerprint density at radius 2 is 1.75 bits per heavy atom. The van der Waals surface area contributed by atoms with Gasteiger partial charge >= 0.3 is 5.97 Å². The Bertz CT molecular complexity index is 491. The van der Waals surface area contributed by atoms with Gasteiger partial charge < -0.3 is 4.74 Å². The van der Waals surface area contributed by atoms with Gasteiger partial charge in [0.15, 0.2) is 5.78 Å². The lowest BCUT2D eigenvalue weighted by molar-refractivity contribution is -0.144. The van der Waals surface area contributed by atoms with E-state index in [0.29, 0.717) is 13.0 Å². The first-order valence-electron chi connectivity index (χ1n) is 9.11. The molecule has 0 aliphatic rings. The van der Waals surface area contributed by atoms with Crippen LogP contribution in [-0.4, -0.2) is 18.4 Å². The molecule has 0 radical (unpaired) electrons. The van der Waals surface area contributed by atoms with Crippen LogP contribution in [0.15, 0.2) is 42.5 Å². The second-order valence-electron chi connectivity index (χ2n) is 6.03. The maximum atomic E-state index is 11.7. The summed E-state index contributed by atoms with van der Waals surface area (Å²) in [6.45, 7) is 2.57. The molecular weight excluding hydrogens is 300 g/mol. The smallest absolute Gasteiger partial charge is 0.306 e. The van der Waals surface area contributed by atoms with Gasteiger partial charge in [-0.05, 0) is 24.5 Å². The molecule has 24 heavy (non-hydrogen) atoms. The molecule has 0 aliphatic carbocycles. The van der Waals surface area contributed by atoms with E-state index >= 15 is 0 Å². The number of hydrogen-bond donors (Lipinski definition) is 0. The van der Waals surface area contributed by atoms with Gasteiger partial charge in [0.25, 0.3) is 0 Å². The van der Waals surface area contributed by atoms with E-state index in [-0.39, 0.29) is 24.6 Å². The molecule has 0 fully saturated rings. The Kier molecular flexibility index (Phi) is 11.4. The highest BCUT2D eigenvalue weighted by atomic mass is 16.5. The molecule has 0 saturated heterocycles. The van der Waals surface area contributed by atoms with Gasteiger partial charge in [-0.1, -0.05) is 69.0 Å². The quantitative estimate of drug-likeness (QED) is 0.289. The van der Waals surface area contributed by atoms with E-state index in [2.05, 4.69) is 6.92 Å². The van der Waals surface area contributed by atoms with Crippen molar-refractivity contribution in [2.45, 2.75) is 64.7 Å². The van der Waals surface area contributed by atoms with E-state index in [1.807, 2.05) is 36.4 Å². The van der Waals surface area contributed by atoms with E-state index in [9.17, 15) is 9.59 Å². The van der Waals surface area contributed by atoms with Crippen molar-refractivity contribution in [1.29, 1.82) is 0 Å². The molecule has 3 nitrogen and oxygen atoms in total. The predicted octanol–water partition coefficient (Wildman–Crippen LogP) is 5.04. The number of ether oxygens (including phenoxy) is 1. The Hall–Kier alpha value is -1.90. The van der Waals surface area contributed by atoms with Gasteiger partial charge in [0.2, 0.25) is 0 Å². The summed E-state index contributed by atoms with van der Waals surface area (Å²) < 4.78 is 5.16. The van der Waals surface area contributed by atoms with E-state index in [4.69, 9.17) is 4.74 Å². The molecule has 0 bridgehead atoms. The summed E-state index contributed by atoms with van der Waals surface area (Å²) >= 11 is 0. The zero-order valence-corrected chi connectivity index (χ0v) is 14.8. The van der Waals surface area contributed by atoms with Gasteiger partial charge in [-0.2, -0.15) is 0 Å². The maximum absolute atomic E-state index is 11.7. The number of ketones is 1. The van der Waals surface area contributed by atoms with Crippen molar-refractivity contribution < 1.29 is 14.3 Å². The van der Waals surface area contributed by atoms with Crippen LogP contribution in [0.3, 0.4) is 0 Å². The number of carbonyl (C=O) groups excluding carboxylic acids is 2. The largest absolute Gasteiger partial charge is 0.465 e. The minimum absolute atomic E-state index is 0.00330. The van der Waals surface area contributed by atoms with Crippen LogP contribution in [0.25, 0.3) is 0 Å². The Morgan fingerprint density at radius 1 is 1.00 bits per heavy atom. The first kappa shape index (κ1) is 20.1. The number of carbonyl (C=O) groups is 2. The van der Waals surface area contributed by atoms with Crippen molar-refractivity contribution in [2.75, 3.05) is 6.61 Å². The van der Waals surface area contributed by atoms with Crippen LogP contribution in [0.4, 0.5) is 0 Å². The number of hydrogen-bond acceptors (Lipinski definition) is 3. The van der Waals surface area contributed by atoms with Crippen LogP contribution in [0.1, 0.15) is 63.9 Å². The number of esters is 1. The second-order valence-corrected chi connectivity index (χ2v) is 6.03. The number of unbranched alkanes of at least 4 members (excludes halogenated alkanes) is 5. The lowest BCUT2D eigenvalue weighted by Gasteiger charge is -2.04. The fraction of sp³-hybridized carbons (Fsp3) is 0.524. The van der Waals surface area contributed by atoms with Crippen LogP contribution in [0.5, 0.6) is 0 Å². The zero-order chi connectivity index (χ0) is 17.5. The molecule has 0 aliphatic heterocycles. The lowest BCUT2D eigenvalue weighted by atomic mass is 10.1. The molecule has 132 valence electrons. The minimum atomic E-state index is -0.299. The predicted molar refractivity (Wildman–Crippen MR) is 97.9 cm³/mol. The molecule has 0 atom stereocenters. The Morgan fingerprint density at radius 3 is 2.50 bits per heavy atom. The van der Waals surface area contributed by atoms with Crippen LogP contribution in [-0.2, 0) is 20.7 Å². The fourth-order valence-corrected chi connectivity index (χ4v) is 2.39. The summed E-state index contributed by atoms with van der Waals surface area (Å²) in [6.07, 6.45) is 11.7. The normalized spacial score (nSPS) is 10.9. The van der Waals surface area contributed by atoms with Gasteiger partial charge in [0.05, 0.1) is 13.0 Å². The molecular formula is C21H30O3. The second kappa shape index (κ2) is 13.5. The first-order chi connectivity index (χ1) is 11.7. The topological polar surface area (TPSA) is 43.4 Å². The number of benzene rings is 1. The molecule has 0 saturated carbocycles. The average molecular weight is 330 g/mol. The Balaban J connectivity index is 2.03. The van der Waals surface area contributed by atoms with Gasteiger partial charge in [-0.3, -0.25) is 9.59 Å². The molecule has 1 aromatic carbocycles. The summed E-state index contributed by atoms with van der Waals surface area (Å²) in [6, 6.07) is 9.90. The summed E-state index contributed by atoms with van der Waals surface area (Å²) in [4.78, 5) is 23.3. The van der Waals surface area contributed by atoms with Crippen molar-refractivity contribution in [2.24, 2.45) is 0 Å². The summed E-state index contributed by atoms with van der Waals surface area (Å²) in [5.74, 6) is -0.296. The van der Waals surface area contributed by atoms with Crippen LogP contribution >= 0.6 is 0 Å². The van der Waals surface area contributed by atoms with Crippen molar-refractivity contribution in [1.82, 2.24) is 0 Å². The van der Waals surface area contributed by atoms with Gasteiger partial charge in [-0.15, -0.1) is 0 Å². The summed E-state index contributed by atoms with van der Waals surface area (Å²) in [5.41, 5.74) is 1.14.